The Balaban J connectivity index is 2.51. The first-order valence-corrected chi connectivity index (χ1v) is 7.19. The quantitative estimate of drug-likeness (QED) is 0.658. The number of carboxylic acid groups (broad SMARTS) is 1. The lowest BCUT2D eigenvalue weighted by molar-refractivity contribution is -0.143. The van der Waals surface area contributed by atoms with Crippen LogP contribution in [0.15, 0.2) is 0 Å². The van der Waals surface area contributed by atoms with Gasteiger partial charge in [-0.2, -0.15) is 0 Å². The second kappa shape index (κ2) is 7.48. The molecule has 0 aromatic rings. The molecule has 19 heavy (non-hydrogen) atoms. The minimum Gasteiger partial charge on any atom is -0.481 e. The first kappa shape index (κ1) is 16.0. The molecule has 1 rings (SSSR count). The second-order valence-corrected chi connectivity index (χ2v) is 5.84. The molecule has 1 aliphatic rings. The number of hydrogen-bond donors (Lipinski definition) is 3. The molecule has 0 aromatic heterocycles. The van der Waals surface area contributed by atoms with Gasteiger partial charge in [0.05, 0.1) is 11.8 Å². The fourth-order valence-electron chi connectivity index (χ4n) is 2.61. The summed E-state index contributed by atoms with van der Waals surface area (Å²) in [7, 11) is 0. The van der Waals surface area contributed by atoms with Crippen molar-refractivity contribution in [2.24, 2.45) is 23.5 Å². The van der Waals surface area contributed by atoms with Crippen LogP contribution >= 0.6 is 0 Å². The third kappa shape index (κ3) is 4.82. The maximum absolute atomic E-state index is 12.1. The van der Waals surface area contributed by atoms with Crippen LogP contribution in [0.4, 0.5) is 0 Å². The highest BCUT2D eigenvalue weighted by molar-refractivity contribution is 5.80. The third-order valence-electron chi connectivity index (χ3n) is 4.02. The summed E-state index contributed by atoms with van der Waals surface area (Å²) in [4.78, 5) is 23.2. The maximum atomic E-state index is 12.1. The molecule has 1 saturated carbocycles. The van der Waals surface area contributed by atoms with E-state index in [2.05, 4.69) is 5.32 Å². The molecule has 1 fully saturated rings. The molecule has 0 radical (unpaired) electrons. The van der Waals surface area contributed by atoms with Crippen molar-refractivity contribution in [2.75, 3.05) is 6.54 Å². The number of rotatable bonds is 5. The topological polar surface area (TPSA) is 92.4 Å². The van der Waals surface area contributed by atoms with E-state index in [-0.39, 0.29) is 30.3 Å². The number of aliphatic carboxylic acids is 1. The average Bonchev–Trinajstić information content (AvgIpc) is 2.52. The van der Waals surface area contributed by atoms with Crippen molar-refractivity contribution in [2.45, 2.75) is 52.0 Å². The Bertz CT molecular complexity index is 318. The van der Waals surface area contributed by atoms with Gasteiger partial charge in [0, 0.05) is 12.6 Å². The molecule has 0 aliphatic heterocycles. The second-order valence-electron chi connectivity index (χ2n) is 5.84. The van der Waals surface area contributed by atoms with Crippen LogP contribution in [0.3, 0.4) is 0 Å². The minimum atomic E-state index is -0.861. The van der Waals surface area contributed by atoms with Crippen LogP contribution in [0.2, 0.25) is 0 Å². The largest absolute Gasteiger partial charge is 0.481 e. The predicted octanol–water partition coefficient (Wildman–Crippen LogP) is 1.37. The fraction of sp³-hybridized carbons (Fsp3) is 0.857. The summed E-state index contributed by atoms with van der Waals surface area (Å²) < 4.78 is 0. The number of nitrogens with two attached hydrogens (primary N) is 1. The summed E-state index contributed by atoms with van der Waals surface area (Å²) in [5.74, 6) is -1.64. The smallest absolute Gasteiger partial charge is 0.308 e. The molecule has 5 heteroatoms. The highest BCUT2D eigenvalue weighted by Gasteiger charge is 2.28. The van der Waals surface area contributed by atoms with Gasteiger partial charge < -0.3 is 16.2 Å². The Labute approximate surface area is 114 Å². The Hall–Kier alpha value is -1.10. The number of carboxylic acids is 1. The van der Waals surface area contributed by atoms with Crippen molar-refractivity contribution < 1.29 is 14.7 Å². The lowest BCUT2D eigenvalue weighted by atomic mass is 9.93. The van der Waals surface area contributed by atoms with E-state index in [1.165, 1.54) is 0 Å². The lowest BCUT2D eigenvalue weighted by Gasteiger charge is -2.23. The van der Waals surface area contributed by atoms with E-state index in [1.54, 1.807) is 0 Å². The fourth-order valence-corrected chi connectivity index (χ4v) is 2.61. The number of amides is 1. The van der Waals surface area contributed by atoms with Gasteiger partial charge in [-0.25, -0.2) is 0 Å². The molecule has 110 valence electrons. The van der Waals surface area contributed by atoms with E-state index in [0.29, 0.717) is 0 Å². The Morgan fingerprint density at radius 3 is 2.47 bits per heavy atom. The van der Waals surface area contributed by atoms with Crippen molar-refractivity contribution >= 4 is 11.9 Å². The number of carbonyl (C=O) groups is 2. The van der Waals surface area contributed by atoms with Crippen molar-refractivity contribution in [3.8, 4) is 0 Å². The SMILES string of the molecule is CC(C)C(CNC(=O)C1CCCCCC1N)C(=O)O. The van der Waals surface area contributed by atoms with Crippen LogP contribution in [0.1, 0.15) is 46.0 Å². The van der Waals surface area contributed by atoms with Gasteiger partial charge in [-0.1, -0.05) is 33.1 Å². The van der Waals surface area contributed by atoms with Crippen LogP contribution in [-0.2, 0) is 9.59 Å². The van der Waals surface area contributed by atoms with Gasteiger partial charge >= 0.3 is 5.97 Å². The predicted molar refractivity (Wildman–Crippen MR) is 73.5 cm³/mol. The van der Waals surface area contributed by atoms with E-state index in [4.69, 9.17) is 10.8 Å². The summed E-state index contributed by atoms with van der Waals surface area (Å²) in [5, 5.41) is 11.9. The van der Waals surface area contributed by atoms with Gasteiger partial charge in [-0.3, -0.25) is 9.59 Å². The zero-order valence-electron chi connectivity index (χ0n) is 11.9. The Morgan fingerprint density at radius 1 is 1.26 bits per heavy atom. The monoisotopic (exact) mass is 270 g/mol. The molecule has 4 N–H and O–H groups in total. The number of hydrogen-bond acceptors (Lipinski definition) is 3. The standard InChI is InChI=1S/C14H26N2O3/c1-9(2)11(14(18)19)8-16-13(17)10-6-4-3-5-7-12(10)15/h9-12H,3-8,15H2,1-2H3,(H,16,17)(H,18,19). The number of nitrogens with one attached hydrogen (secondary N) is 1. The van der Waals surface area contributed by atoms with Crippen LogP contribution in [0, 0.1) is 17.8 Å². The first-order valence-electron chi connectivity index (χ1n) is 7.19. The molecule has 0 saturated heterocycles. The molecule has 0 aromatic carbocycles. The molecule has 5 nitrogen and oxygen atoms in total. The minimum absolute atomic E-state index is 0.000562. The zero-order chi connectivity index (χ0) is 14.4. The van der Waals surface area contributed by atoms with Crippen molar-refractivity contribution in [3.63, 3.8) is 0 Å². The molecule has 3 unspecified atom stereocenters. The van der Waals surface area contributed by atoms with E-state index < -0.39 is 11.9 Å². The van der Waals surface area contributed by atoms with Gasteiger partial charge in [-0.05, 0) is 18.8 Å². The van der Waals surface area contributed by atoms with Crippen LogP contribution in [-0.4, -0.2) is 29.6 Å². The van der Waals surface area contributed by atoms with Crippen LogP contribution in [0.25, 0.3) is 0 Å². The third-order valence-corrected chi connectivity index (χ3v) is 4.02. The van der Waals surface area contributed by atoms with Crippen LogP contribution in [0.5, 0.6) is 0 Å². The van der Waals surface area contributed by atoms with Crippen molar-refractivity contribution in [1.82, 2.24) is 5.32 Å². The normalized spacial score (nSPS) is 25.7. The van der Waals surface area contributed by atoms with E-state index in [0.717, 1.165) is 32.1 Å². The van der Waals surface area contributed by atoms with Crippen molar-refractivity contribution in [3.05, 3.63) is 0 Å². The number of carbonyl (C=O) groups excluding carboxylic acids is 1. The molecule has 0 bridgehead atoms. The molecular formula is C14H26N2O3. The molecule has 1 aliphatic carbocycles. The maximum Gasteiger partial charge on any atom is 0.308 e. The summed E-state index contributed by atoms with van der Waals surface area (Å²) in [6.07, 6.45) is 4.92. The summed E-state index contributed by atoms with van der Waals surface area (Å²) in [5.41, 5.74) is 6.03. The molecule has 0 spiro atoms. The Morgan fingerprint density at radius 2 is 1.89 bits per heavy atom. The molecule has 1 amide bonds. The van der Waals surface area contributed by atoms with Gasteiger partial charge in [0.1, 0.15) is 0 Å². The summed E-state index contributed by atoms with van der Waals surface area (Å²) >= 11 is 0. The molecule has 0 heterocycles. The van der Waals surface area contributed by atoms with Gasteiger partial charge in [0.15, 0.2) is 0 Å². The zero-order valence-corrected chi connectivity index (χ0v) is 11.9. The highest BCUT2D eigenvalue weighted by atomic mass is 16.4. The average molecular weight is 270 g/mol. The van der Waals surface area contributed by atoms with Crippen molar-refractivity contribution in [1.29, 1.82) is 0 Å². The van der Waals surface area contributed by atoms with E-state index in [9.17, 15) is 9.59 Å². The molecular weight excluding hydrogens is 244 g/mol. The first-order chi connectivity index (χ1) is 8.93. The van der Waals surface area contributed by atoms with Gasteiger partial charge in [0.2, 0.25) is 5.91 Å². The Kier molecular flexibility index (Phi) is 6.28. The summed E-state index contributed by atoms with van der Waals surface area (Å²) in [6.45, 7) is 3.89. The van der Waals surface area contributed by atoms with Gasteiger partial charge in [0.25, 0.3) is 0 Å². The molecule has 3 atom stereocenters. The van der Waals surface area contributed by atoms with E-state index >= 15 is 0 Å². The van der Waals surface area contributed by atoms with Crippen LogP contribution < -0.4 is 11.1 Å². The highest BCUT2D eigenvalue weighted by Crippen LogP contribution is 2.22. The lowest BCUT2D eigenvalue weighted by Crippen LogP contribution is -2.44. The summed E-state index contributed by atoms with van der Waals surface area (Å²) in [6, 6.07) is -0.0928. The van der Waals surface area contributed by atoms with E-state index in [1.807, 2.05) is 13.8 Å². The van der Waals surface area contributed by atoms with Gasteiger partial charge in [-0.15, -0.1) is 0 Å².